The molecule has 88 valence electrons. The number of imidazole rings is 1. The average molecular weight is 236 g/mol. The number of aldehydes is 1. The molecule has 0 radical (unpaired) electrons. The van der Waals surface area contributed by atoms with Crippen LogP contribution in [-0.4, -0.2) is 15.7 Å². The Bertz CT molecular complexity index is 728. The van der Waals surface area contributed by atoms with Gasteiger partial charge in [-0.2, -0.15) is 0 Å². The molecule has 0 saturated heterocycles. The lowest BCUT2D eigenvalue weighted by Crippen LogP contribution is -1.88. The third-order valence-corrected chi connectivity index (χ3v) is 2.95. The van der Waals surface area contributed by atoms with E-state index in [9.17, 15) is 4.79 Å². The van der Waals surface area contributed by atoms with Gasteiger partial charge in [0.15, 0.2) is 6.29 Å². The van der Waals surface area contributed by atoms with Crippen LogP contribution in [0.15, 0.2) is 48.8 Å². The molecule has 3 heteroatoms. The van der Waals surface area contributed by atoms with E-state index in [-0.39, 0.29) is 0 Å². The van der Waals surface area contributed by atoms with Crippen LogP contribution in [0.1, 0.15) is 15.9 Å². The Morgan fingerprint density at radius 2 is 2.11 bits per heavy atom. The van der Waals surface area contributed by atoms with E-state index in [0.29, 0.717) is 11.2 Å². The van der Waals surface area contributed by atoms with E-state index in [0.717, 1.165) is 17.5 Å². The molecule has 0 aliphatic heterocycles. The van der Waals surface area contributed by atoms with E-state index in [1.807, 2.05) is 35.0 Å². The highest BCUT2D eigenvalue weighted by molar-refractivity contribution is 5.85. The minimum atomic E-state index is 0.608. The fourth-order valence-electron chi connectivity index (χ4n) is 2.07. The lowest BCUT2D eigenvalue weighted by Gasteiger charge is -1.96. The minimum absolute atomic E-state index is 0.608. The third kappa shape index (κ3) is 1.70. The summed E-state index contributed by atoms with van der Waals surface area (Å²) in [5, 5.41) is 0. The van der Waals surface area contributed by atoms with E-state index < -0.39 is 0 Å². The predicted octanol–water partition coefficient (Wildman–Crippen LogP) is 3.12. The summed E-state index contributed by atoms with van der Waals surface area (Å²) in [7, 11) is 0. The van der Waals surface area contributed by atoms with Gasteiger partial charge in [-0.1, -0.05) is 23.8 Å². The average Bonchev–Trinajstić information content (AvgIpc) is 2.82. The second-order valence-corrected chi connectivity index (χ2v) is 4.31. The molecule has 3 aromatic rings. The lowest BCUT2D eigenvalue weighted by atomic mass is 10.1. The van der Waals surface area contributed by atoms with Crippen LogP contribution >= 0.6 is 0 Å². The molecule has 3 rings (SSSR count). The number of rotatable bonds is 2. The number of carbonyl (C=O) groups excluding carboxylic acids is 1. The van der Waals surface area contributed by atoms with Gasteiger partial charge in [0.05, 0.1) is 11.3 Å². The molecule has 0 unspecified atom stereocenters. The van der Waals surface area contributed by atoms with Gasteiger partial charge in [-0.3, -0.25) is 4.79 Å². The first kappa shape index (κ1) is 10.7. The van der Waals surface area contributed by atoms with Gasteiger partial charge < -0.3 is 4.40 Å². The molecule has 18 heavy (non-hydrogen) atoms. The van der Waals surface area contributed by atoms with Crippen LogP contribution in [0.3, 0.4) is 0 Å². The summed E-state index contributed by atoms with van der Waals surface area (Å²) >= 11 is 0. The van der Waals surface area contributed by atoms with E-state index in [1.165, 1.54) is 5.56 Å². The number of aromatic nitrogens is 2. The van der Waals surface area contributed by atoms with E-state index in [4.69, 9.17) is 0 Å². The van der Waals surface area contributed by atoms with Gasteiger partial charge in [0.25, 0.3) is 0 Å². The zero-order valence-electron chi connectivity index (χ0n) is 10.00. The highest BCUT2D eigenvalue weighted by Gasteiger charge is 2.07. The Morgan fingerprint density at radius 3 is 2.89 bits per heavy atom. The molecular formula is C15H12N2O. The van der Waals surface area contributed by atoms with Gasteiger partial charge in [0, 0.05) is 18.0 Å². The lowest BCUT2D eigenvalue weighted by molar-refractivity contribution is 0.112. The Morgan fingerprint density at radius 1 is 1.22 bits per heavy atom. The van der Waals surface area contributed by atoms with Gasteiger partial charge in [0.1, 0.15) is 5.65 Å². The molecule has 0 saturated carbocycles. The molecule has 3 nitrogen and oxygen atoms in total. The van der Waals surface area contributed by atoms with Crippen molar-refractivity contribution in [1.29, 1.82) is 0 Å². The number of hydrogen-bond acceptors (Lipinski definition) is 2. The van der Waals surface area contributed by atoms with E-state index in [2.05, 4.69) is 24.0 Å². The van der Waals surface area contributed by atoms with E-state index >= 15 is 0 Å². The zero-order valence-corrected chi connectivity index (χ0v) is 10.00. The number of pyridine rings is 1. The summed E-state index contributed by atoms with van der Waals surface area (Å²) in [6, 6.07) is 11.8. The van der Waals surface area contributed by atoms with Crippen molar-refractivity contribution in [3.8, 4) is 11.3 Å². The molecule has 0 atom stereocenters. The Kier molecular flexibility index (Phi) is 2.45. The van der Waals surface area contributed by atoms with Crippen molar-refractivity contribution in [2.45, 2.75) is 6.92 Å². The molecule has 0 spiro atoms. The molecule has 0 aliphatic carbocycles. The second kappa shape index (κ2) is 4.11. The number of carbonyl (C=O) groups is 1. The number of nitrogens with zero attached hydrogens (tertiary/aromatic N) is 2. The molecule has 2 heterocycles. The Hall–Kier alpha value is -2.42. The molecule has 0 aliphatic rings. The second-order valence-electron chi connectivity index (χ2n) is 4.31. The quantitative estimate of drug-likeness (QED) is 0.641. The first-order valence-corrected chi connectivity index (χ1v) is 5.78. The maximum absolute atomic E-state index is 11.0. The van der Waals surface area contributed by atoms with Crippen LogP contribution < -0.4 is 0 Å². The first-order valence-electron chi connectivity index (χ1n) is 5.78. The summed E-state index contributed by atoms with van der Waals surface area (Å²) in [5.41, 5.74) is 4.45. The summed E-state index contributed by atoms with van der Waals surface area (Å²) < 4.78 is 1.88. The van der Waals surface area contributed by atoms with Crippen LogP contribution in [0.2, 0.25) is 0 Å². The summed E-state index contributed by atoms with van der Waals surface area (Å²) in [4.78, 5) is 15.5. The number of fused-ring (bicyclic) bond motifs is 1. The number of benzene rings is 1. The monoisotopic (exact) mass is 236 g/mol. The van der Waals surface area contributed by atoms with Crippen molar-refractivity contribution in [3.63, 3.8) is 0 Å². The van der Waals surface area contributed by atoms with Gasteiger partial charge in [0.2, 0.25) is 0 Å². The molecular weight excluding hydrogens is 224 g/mol. The fraction of sp³-hybridized carbons (Fsp3) is 0.0667. The normalized spacial score (nSPS) is 10.7. The maximum Gasteiger partial charge on any atom is 0.153 e. The number of hydrogen-bond donors (Lipinski definition) is 0. The SMILES string of the molecule is Cc1cccc(-c2cn3cccc(C=O)c3n2)c1. The largest absolute Gasteiger partial charge is 0.306 e. The standard InChI is InChI=1S/C15H12N2O/c1-11-4-2-5-12(8-11)14-9-17-7-3-6-13(10-18)15(17)16-14/h2-10H,1H3. The third-order valence-electron chi connectivity index (χ3n) is 2.95. The first-order chi connectivity index (χ1) is 8.78. The van der Waals surface area contributed by atoms with Crippen molar-refractivity contribution in [1.82, 2.24) is 9.38 Å². The van der Waals surface area contributed by atoms with Crippen molar-refractivity contribution in [2.75, 3.05) is 0 Å². The van der Waals surface area contributed by atoms with Crippen molar-refractivity contribution < 1.29 is 4.79 Å². The van der Waals surface area contributed by atoms with Crippen molar-refractivity contribution >= 4 is 11.9 Å². The van der Waals surface area contributed by atoms with Crippen LogP contribution in [-0.2, 0) is 0 Å². The van der Waals surface area contributed by atoms with Crippen molar-refractivity contribution in [2.24, 2.45) is 0 Å². The van der Waals surface area contributed by atoms with Gasteiger partial charge in [-0.15, -0.1) is 0 Å². The van der Waals surface area contributed by atoms with Gasteiger partial charge in [-0.05, 0) is 25.1 Å². The van der Waals surface area contributed by atoms with Crippen LogP contribution in [0.5, 0.6) is 0 Å². The van der Waals surface area contributed by atoms with Crippen molar-refractivity contribution in [3.05, 3.63) is 59.9 Å². The van der Waals surface area contributed by atoms with Crippen LogP contribution in [0, 0.1) is 6.92 Å². The minimum Gasteiger partial charge on any atom is -0.306 e. The highest BCUT2D eigenvalue weighted by atomic mass is 16.1. The van der Waals surface area contributed by atoms with Crippen LogP contribution in [0.25, 0.3) is 16.9 Å². The Labute approximate surface area is 105 Å². The smallest absolute Gasteiger partial charge is 0.153 e. The fourth-order valence-corrected chi connectivity index (χ4v) is 2.07. The summed E-state index contributed by atoms with van der Waals surface area (Å²) in [5.74, 6) is 0. The molecule has 0 amide bonds. The molecule has 2 aromatic heterocycles. The van der Waals surface area contributed by atoms with Gasteiger partial charge in [-0.25, -0.2) is 4.98 Å². The number of aryl methyl sites for hydroxylation is 1. The molecule has 1 aromatic carbocycles. The molecule has 0 N–H and O–H groups in total. The van der Waals surface area contributed by atoms with Crippen LogP contribution in [0.4, 0.5) is 0 Å². The zero-order chi connectivity index (χ0) is 12.5. The van der Waals surface area contributed by atoms with E-state index in [1.54, 1.807) is 6.07 Å². The Balaban J connectivity index is 2.22. The molecule has 0 fully saturated rings. The topological polar surface area (TPSA) is 34.4 Å². The molecule has 0 bridgehead atoms. The van der Waals surface area contributed by atoms with Gasteiger partial charge >= 0.3 is 0 Å². The highest BCUT2D eigenvalue weighted by Crippen LogP contribution is 2.21. The summed E-state index contributed by atoms with van der Waals surface area (Å²) in [6.45, 7) is 2.05. The maximum atomic E-state index is 11.0. The predicted molar refractivity (Wildman–Crippen MR) is 70.8 cm³/mol. The summed E-state index contributed by atoms with van der Waals surface area (Å²) in [6.07, 6.45) is 4.67.